The highest BCUT2D eigenvalue weighted by atomic mass is 79.9. The zero-order valence-corrected chi connectivity index (χ0v) is 9.03. The summed E-state index contributed by atoms with van der Waals surface area (Å²) in [5.41, 5.74) is 0.542. The lowest BCUT2D eigenvalue weighted by atomic mass is 10.3. The molecule has 0 spiro atoms. The topological polar surface area (TPSA) is 29.1 Å². The van der Waals surface area contributed by atoms with Crippen molar-refractivity contribution in [2.24, 2.45) is 0 Å². The summed E-state index contributed by atoms with van der Waals surface area (Å²) in [6, 6.07) is 4.05. The van der Waals surface area contributed by atoms with E-state index >= 15 is 0 Å². The Morgan fingerprint density at radius 2 is 2.31 bits per heavy atom. The largest absolute Gasteiger partial charge is 0.324 e. The summed E-state index contributed by atoms with van der Waals surface area (Å²) in [6.07, 6.45) is 0. The van der Waals surface area contributed by atoms with E-state index in [0.717, 1.165) is 0 Å². The average molecular weight is 264 g/mol. The molecule has 0 bridgehead atoms. The molecule has 0 saturated heterocycles. The monoisotopic (exact) mass is 263 g/mol. The molecule has 0 aliphatic heterocycles. The zero-order valence-electron chi connectivity index (χ0n) is 6.55. The first-order chi connectivity index (χ1) is 6.13. The van der Waals surface area contributed by atoms with Gasteiger partial charge >= 0.3 is 0 Å². The van der Waals surface area contributed by atoms with Gasteiger partial charge in [-0.15, -0.1) is 0 Å². The fourth-order valence-corrected chi connectivity index (χ4v) is 1.31. The van der Waals surface area contributed by atoms with Crippen LogP contribution < -0.4 is 5.32 Å². The van der Waals surface area contributed by atoms with Crippen LogP contribution in [0.1, 0.15) is 0 Å². The van der Waals surface area contributed by atoms with Crippen molar-refractivity contribution in [1.29, 1.82) is 0 Å². The molecule has 1 aromatic rings. The van der Waals surface area contributed by atoms with Crippen molar-refractivity contribution in [2.45, 2.75) is 0 Å². The number of anilines is 1. The summed E-state index contributed by atoms with van der Waals surface area (Å²) in [5.74, 6) is -0.476. The Hall–Kier alpha value is -0.550. The SMILES string of the molecule is O=C(CS)Nc1ccc(F)cc1Br. The number of amides is 1. The van der Waals surface area contributed by atoms with Crippen molar-refractivity contribution in [3.8, 4) is 0 Å². The Labute approximate surface area is 89.1 Å². The van der Waals surface area contributed by atoms with E-state index in [1.54, 1.807) is 0 Å². The molecule has 0 aliphatic rings. The van der Waals surface area contributed by atoms with Crippen molar-refractivity contribution < 1.29 is 9.18 Å². The highest BCUT2D eigenvalue weighted by Crippen LogP contribution is 2.22. The van der Waals surface area contributed by atoms with Gasteiger partial charge in [0.15, 0.2) is 0 Å². The molecule has 0 heterocycles. The first kappa shape index (κ1) is 10.5. The van der Waals surface area contributed by atoms with Crippen LogP contribution in [-0.4, -0.2) is 11.7 Å². The number of carbonyl (C=O) groups is 1. The van der Waals surface area contributed by atoms with Gasteiger partial charge < -0.3 is 5.32 Å². The lowest BCUT2D eigenvalue weighted by Gasteiger charge is -2.05. The maximum Gasteiger partial charge on any atom is 0.234 e. The number of hydrogen-bond acceptors (Lipinski definition) is 2. The van der Waals surface area contributed by atoms with Crippen LogP contribution in [0.3, 0.4) is 0 Å². The van der Waals surface area contributed by atoms with Crippen LogP contribution in [0.15, 0.2) is 22.7 Å². The Morgan fingerprint density at radius 3 is 2.85 bits per heavy atom. The van der Waals surface area contributed by atoms with Crippen LogP contribution in [0.4, 0.5) is 10.1 Å². The smallest absolute Gasteiger partial charge is 0.234 e. The molecule has 0 radical (unpaired) electrons. The summed E-state index contributed by atoms with van der Waals surface area (Å²) < 4.78 is 13.1. The molecule has 1 rings (SSSR count). The second-order valence-corrected chi connectivity index (χ2v) is 3.50. The molecule has 0 fully saturated rings. The Kier molecular flexibility index (Phi) is 3.74. The fourth-order valence-electron chi connectivity index (χ4n) is 0.781. The Bertz CT molecular complexity index is 332. The third-order valence-corrected chi connectivity index (χ3v) is 2.29. The lowest BCUT2D eigenvalue weighted by Crippen LogP contribution is -2.12. The van der Waals surface area contributed by atoms with Crippen molar-refractivity contribution in [1.82, 2.24) is 0 Å². The van der Waals surface area contributed by atoms with E-state index in [1.165, 1.54) is 18.2 Å². The molecule has 0 atom stereocenters. The average Bonchev–Trinajstić information content (AvgIpc) is 2.09. The van der Waals surface area contributed by atoms with Crippen LogP contribution in [0.5, 0.6) is 0 Å². The fraction of sp³-hybridized carbons (Fsp3) is 0.125. The maximum atomic E-state index is 12.6. The summed E-state index contributed by atoms with van der Waals surface area (Å²) in [7, 11) is 0. The van der Waals surface area contributed by atoms with E-state index in [1.807, 2.05) is 0 Å². The van der Waals surface area contributed by atoms with Gasteiger partial charge in [0.05, 0.1) is 11.4 Å². The Morgan fingerprint density at radius 1 is 1.62 bits per heavy atom. The minimum absolute atomic E-state index is 0.101. The van der Waals surface area contributed by atoms with E-state index in [2.05, 4.69) is 33.9 Å². The van der Waals surface area contributed by atoms with Gasteiger partial charge in [0.25, 0.3) is 0 Å². The van der Waals surface area contributed by atoms with Crippen molar-refractivity contribution in [2.75, 3.05) is 11.1 Å². The number of thiol groups is 1. The standard InChI is InChI=1S/C8H7BrFNOS/c9-6-3-5(10)1-2-7(6)11-8(12)4-13/h1-3,13H,4H2,(H,11,12). The molecule has 2 nitrogen and oxygen atoms in total. The highest BCUT2D eigenvalue weighted by Gasteiger charge is 2.04. The molecule has 5 heteroatoms. The zero-order chi connectivity index (χ0) is 9.84. The molecule has 0 unspecified atom stereocenters. The molecule has 1 aromatic carbocycles. The second kappa shape index (κ2) is 4.62. The first-order valence-electron chi connectivity index (χ1n) is 3.49. The first-order valence-corrected chi connectivity index (χ1v) is 4.92. The number of halogens is 2. The van der Waals surface area contributed by atoms with E-state index in [-0.39, 0.29) is 17.5 Å². The lowest BCUT2D eigenvalue weighted by molar-refractivity contribution is -0.113. The summed E-state index contributed by atoms with van der Waals surface area (Å²) in [5, 5.41) is 2.56. The number of rotatable bonds is 2. The van der Waals surface area contributed by atoms with Crippen molar-refractivity contribution in [3.05, 3.63) is 28.5 Å². The minimum atomic E-state index is -0.351. The van der Waals surface area contributed by atoms with E-state index in [4.69, 9.17) is 0 Å². The predicted octanol–water partition coefficient (Wildman–Crippen LogP) is 2.46. The third kappa shape index (κ3) is 3.00. The van der Waals surface area contributed by atoms with Crippen LogP contribution in [0.25, 0.3) is 0 Å². The van der Waals surface area contributed by atoms with Crippen LogP contribution >= 0.6 is 28.6 Å². The molecule has 1 amide bonds. The molecule has 13 heavy (non-hydrogen) atoms. The van der Waals surface area contributed by atoms with Crippen molar-refractivity contribution in [3.63, 3.8) is 0 Å². The van der Waals surface area contributed by atoms with E-state index in [9.17, 15) is 9.18 Å². The minimum Gasteiger partial charge on any atom is -0.324 e. The van der Waals surface area contributed by atoms with Gasteiger partial charge in [0.2, 0.25) is 5.91 Å². The maximum absolute atomic E-state index is 12.6. The van der Waals surface area contributed by atoms with Gasteiger partial charge in [0.1, 0.15) is 5.82 Å². The van der Waals surface area contributed by atoms with Gasteiger partial charge in [-0.05, 0) is 34.1 Å². The number of hydrogen-bond donors (Lipinski definition) is 2. The number of nitrogens with one attached hydrogen (secondary N) is 1. The molecule has 0 aliphatic carbocycles. The van der Waals surface area contributed by atoms with Crippen molar-refractivity contribution >= 4 is 40.2 Å². The predicted molar refractivity (Wildman–Crippen MR) is 56.6 cm³/mol. The summed E-state index contributed by atoms with van der Waals surface area (Å²) >= 11 is 6.92. The van der Waals surface area contributed by atoms with Gasteiger partial charge in [-0.1, -0.05) is 0 Å². The highest BCUT2D eigenvalue weighted by molar-refractivity contribution is 9.10. The van der Waals surface area contributed by atoms with Crippen LogP contribution in [0.2, 0.25) is 0 Å². The quantitative estimate of drug-likeness (QED) is 0.789. The normalized spacial score (nSPS) is 9.77. The summed E-state index contributed by atoms with van der Waals surface area (Å²) in [4.78, 5) is 10.9. The molecule has 0 aromatic heterocycles. The third-order valence-electron chi connectivity index (χ3n) is 1.35. The molecule has 70 valence electrons. The van der Waals surface area contributed by atoms with E-state index in [0.29, 0.717) is 10.2 Å². The van der Waals surface area contributed by atoms with Crippen LogP contribution in [0, 0.1) is 5.82 Å². The van der Waals surface area contributed by atoms with Gasteiger partial charge in [-0.3, -0.25) is 4.79 Å². The van der Waals surface area contributed by atoms with Gasteiger partial charge in [-0.25, -0.2) is 4.39 Å². The summed E-state index contributed by atoms with van der Waals surface area (Å²) in [6.45, 7) is 0. The van der Waals surface area contributed by atoms with Crippen LogP contribution in [-0.2, 0) is 4.79 Å². The second-order valence-electron chi connectivity index (χ2n) is 2.33. The molecule has 1 N–H and O–H groups in total. The Balaban J connectivity index is 2.83. The van der Waals surface area contributed by atoms with Gasteiger partial charge in [-0.2, -0.15) is 12.6 Å². The molecule has 0 saturated carbocycles. The number of carbonyl (C=O) groups excluding carboxylic acids is 1. The molecular weight excluding hydrogens is 257 g/mol. The molecular formula is C8H7BrFNOS. The van der Waals surface area contributed by atoms with E-state index < -0.39 is 0 Å². The van der Waals surface area contributed by atoms with Gasteiger partial charge in [0, 0.05) is 4.47 Å². The number of benzene rings is 1.